The molecule has 0 aliphatic carbocycles. The molecule has 11 heteroatoms. The van der Waals surface area contributed by atoms with Crippen molar-refractivity contribution in [3.63, 3.8) is 0 Å². The highest BCUT2D eigenvalue weighted by Gasteiger charge is 2.44. The standard InChI is InChI=1S/C60H107NO10/c1-3-5-7-9-11-13-15-17-19-23-26-30-34-38-42-46-53(63)52(51-70-60-59(68)58(67)57(66)54(50-62)71-60)61-55(64)47-43-39-35-31-27-24-20-18-21-25-29-33-37-41-45-49-69-56(65)48-44-40-36-32-28-22-16-14-12-10-8-6-4-2/h8,10,14,16,18,21,25,29,42,46,52-54,57-60,62-63,66-68H,3-7,9,11-13,15,17,19-20,22-24,26-28,30-41,43-45,47-51H2,1-2H3,(H,61,64)/b10-8-,16-14-,21-18-,29-25-,46-42+. The molecular formula is C60H107NO10. The summed E-state index contributed by atoms with van der Waals surface area (Å²) in [4.78, 5) is 25.1. The van der Waals surface area contributed by atoms with Gasteiger partial charge in [-0.15, -0.1) is 0 Å². The number of carbonyl (C=O) groups is 2. The van der Waals surface area contributed by atoms with Crippen LogP contribution in [0, 0.1) is 0 Å². The fourth-order valence-corrected chi connectivity index (χ4v) is 8.70. The maximum atomic E-state index is 13.0. The first-order valence-corrected chi connectivity index (χ1v) is 29.1. The molecule has 71 heavy (non-hydrogen) atoms. The van der Waals surface area contributed by atoms with Crippen LogP contribution in [0.3, 0.4) is 0 Å². The van der Waals surface area contributed by atoms with Crippen LogP contribution < -0.4 is 5.32 Å². The summed E-state index contributed by atoms with van der Waals surface area (Å²) in [6.07, 6.45) is 52.9. The van der Waals surface area contributed by atoms with Gasteiger partial charge in [0, 0.05) is 12.8 Å². The second kappa shape index (κ2) is 49.6. The normalized spacial score (nSPS) is 19.6. The van der Waals surface area contributed by atoms with Crippen molar-refractivity contribution in [3.05, 3.63) is 60.8 Å². The van der Waals surface area contributed by atoms with E-state index in [9.17, 15) is 35.1 Å². The molecule has 0 saturated carbocycles. The second-order valence-electron chi connectivity index (χ2n) is 20.0. The largest absolute Gasteiger partial charge is 0.466 e. The molecule has 0 spiro atoms. The molecule has 1 rings (SSSR count). The molecule has 0 aromatic heterocycles. The number of carbonyl (C=O) groups excluding carboxylic acids is 2. The smallest absolute Gasteiger partial charge is 0.305 e. The van der Waals surface area contributed by atoms with Gasteiger partial charge in [-0.1, -0.05) is 203 Å². The Morgan fingerprint density at radius 1 is 0.535 bits per heavy atom. The average molecular weight is 1000 g/mol. The molecule has 7 atom stereocenters. The third-order valence-corrected chi connectivity index (χ3v) is 13.4. The van der Waals surface area contributed by atoms with E-state index in [1.165, 1.54) is 103 Å². The predicted molar refractivity (Wildman–Crippen MR) is 292 cm³/mol. The molecule has 1 fully saturated rings. The third kappa shape index (κ3) is 39.5. The number of aliphatic hydroxyl groups excluding tert-OH is 5. The van der Waals surface area contributed by atoms with Gasteiger partial charge < -0.3 is 45.1 Å². The maximum absolute atomic E-state index is 13.0. The van der Waals surface area contributed by atoms with E-state index in [0.29, 0.717) is 19.4 Å². The summed E-state index contributed by atoms with van der Waals surface area (Å²) in [6, 6.07) is -0.829. The first kappa shape index (κ1) is 66.4. The minimum atomic E-state index is -1.58. The zero-order valence-electron chi connectivity index (χ0n) is 45.2. The average Bonchev–Trinajstić information content (AvgIpc) is 3.37. The van der Waals surface area contributed by atoms with E-state index >= 15 is 0 Å². The lowest BCUT2D eigenvalue weighted by atomic mass is 9.99. The van der Waals surface area contributed by atoms with Gasteiger partial charge in [0.25, 0.3) is 0 Å². The number of esters is 1. The molecule has 11 nitrogen and oxygen atoms in total. The SMILES string of the molecule is CCC/C=C\C/C=C\CCCCCCCC(=O)OCCCCC/C=C\C=C/CCCCCCCCC(=O)NC(COC1OC(CO)C(O)C(O)C1O)C(O)/C=C/CCCCCCCCCCCCCCC. The molecule has 1 amide bonds. The number of allylic oxidation sites excluding steroid dienone is 9. The Balaban J connectivity index is 2.19. The van der Waals surface area contributed by atoms with Gasteiger partial charge in [0.2, 0.25) is 5.91 Å². The highest BCUT2D eigenvalue weighted by Crippen LogP contribution is 2.23. The molecule has 412 valence electrons. The van der Waals surface area contributed by atoms with Gasteiger partial charge in [0.15, 0.2) is 6.29 Å². The fourth-order valence-electron chi connectivity index (χ4n) is 8.70. The van der Waals surface area contributed by atoms with Crippen molar-refractivity contribution >= 4 is 11.9 Å². The van der Waals surface area contributed by atoms with Gasteiger partial charge in [0.05, 0.1) is 32.0 Å². The van der Waals surface area contributed by atoms with E-state index in [2.05, 4.69) is 67.8 Å². The highest BCUT2D eigenvalue weighted by atomic mass is 16.7. The van der Waals surface area contributed by atoms with Gasteiger partial charge in [0.1, 0.15) is 24.4 Å². The van der Waals surface area contributed by atoms with Gasteiger partial charge in [-0.05, 0) is 89.9 Å². The minimum Gasteiger partial charge on any atom is -0.466 e. The van der Waals surface area contributed by atoms with E-state index in [1.54, 1.807) is 6.08 Å². The van der Waals surface area contributed by atoms with E-state index in [1.807, 2.05) is 6.08 Å². The van der Waals surface area contributed by atoms with Crippen molar-refractivity contribution < 1.29 is 49.3 Å². The summed E-state index contributed by atoms with van der Waals surface area (Å²) >= 11 is 0. The minimum absolute atomic E-state index is 0.0570. The highest BCUT2D eigenvalue weighted by molar-refractivity contribution is 5.76. The molecule has 1 aliphatic rings. The summed E-state index contributed by atoms with van der Waals surface area (Å²) in [6.45, 7) is 4.20. The van der Waals surface area contributed by atoms with E-state index in [0.717, 1.165) is 116 Å². The number of unbranched alkanes of at least 4 members (excludes halogenated alkanes) is 28. The maximum Gasteiger partial charge on any atom is 0.305 e. The van der Waals surface area contributed by atoms with Crippen molar-refractivity contribution in [1.29, 1.82) is 0 Å². The van der Waals surface area contributed by atoms with Crippen LogP contribution in [0.1, 0.15) is 245 Å². The number of hydrogen-bond acceptors (Lipinski definition) is 10. The van der Waals surface area contributed by atoms with Crippen LogP contribution in [0.4, 0.5) is 0 Å². The van der Waals surface area contributed by atoms with Crippen LogP contribution in [0.2, 0.25) is 0 Å². The second-order valence-corrected chi connectivity index (χ2v) is 20.0. The lowest BCUT2D eigenvalue weighted by Crippen LogP contribution is -2.60. The summed E-state index contributed by atoms with van der Waals surface area (Å²) in [5.74, 6) is -0.262. The lowest BCUT2D eigenvalue weighted by Gasteiger charge is -2.40. The molecule has 0 aromatic carbocycles. The van der Waals surface area contributed by atoms with Crippen LogP contribution in [0.5, 0.6) is 0 Å². The molecule has 1 heterocycles. The Labute approximate surface area is 433 Å². The zero-order valence-corrected chi connectivity index (χ0v) is 45.2. The molecule has 0 bridgehead atoms. The van der Waals surface area contributed by atoms with Crippen LogP contribution in [-0.2, 0) is 23.8 Å². The quantitative estimate of drug-likeness (QED) is 0.0149. The first-order valence-electron chi connectivity index (χ1n) is 29.1. The third-order valence-electron chi connectivity index (χ3n) is 13.4. The number of rotatable bonds is 49. The molecule has 7 unspecified atom stereocenters. The number of hydrogen-bond donors (Lipinski definition) is 6. The van der Waals surface area contributed by atoms with E-state index < -0.39 is 49.5 Å². The zero-order chi connectivity index (χ0) is 51.7. The number of ether oxygens (including phenoxy) is 3. The number of aliphatic hydroxyl groups is 5. The van der Waals surface area contributed by atoms with Crippen LogP contribution >= 0.6 is 0 Å². The number of nitrogens with one attached hydrogen (secondary N) is 1. The monoisotopic (exact) mass is 1000 g/mol. The summed E-state index contributed by atoms with van der Waals surface area (Å²) in [5.41, 5.74) is 0. The lowest BCUT2D eigenvalue weighted by molar-refractivity contribution is -0.302. The Morgan fingerprint density at radius 2 is 1.01 bits per heavy atom. The van der Waals surface area contributed by atoms with Crippen molar-refractivity contribution in [2.24, 2.45) is 0 Å². The van der Waals surface area contributed by atoms with Crippen LogP contribution in [-0.4, -0.2) is 100 Å². The Morgan fingerprint density at radius 3 is 1.56 bits per heavy atom. The van der Waals surface area contributed by atoms with E-state index in [-0.39, 0.29) is 18.5 Å². The first-order chi connectivity index (χ1) is 34.7. The molecular weight excluding hydrogens is 895 g/mol. The van der Waals surface area contributed by atoms with Crippen LogP contribution in [0.15, 0.2) is 60.8 Å². The van der Waals surface area contributed by atoms with Crippen molar-refractivity contribution in [3.8, 4) is 0 Å². The molecule has 1 saturated heterocycles. The Hall–Kier alpha value is -2.64. The van der Waals surface area contributed by atoms with Crippen LogP contribution in [0.25, 0.3) is 0 Å². The molecule has 6 N–H and O–H groups in total. The fraction of sp³-hybridized carbons (Fsp3) is 0.800. The van der Waals surface area contributed by atoms with Gasteiger partial charge in [-0.25, -0.2) is 0 Å². The van der Waals surface area contributed by atoms with Crippen molar-refractivity contribution in [1.82, 2.24) is 5.32 Å². The number of amides is 1. The van der Waals surface area contributed by atoms with Crippen molar-refractivity contribution in [2.45, 2.75) is 288 Å². The summed E-state index contributed by atoms with van der Waals surface area (Å²) in [7, 11) is 0. The molecule has 1 aliphatic heterocycles. The van der Waals surface area contributed by atoms with Gasteiger partial charge >= 0.3 is 5.97 Å². The molecule has 0 aromatic rings. The van der Waals surface area contributed by atoms with Crippen molar-refractivity contribution in [2.75, 3.05) is 19.8 Å². The van der Waals surface area contributed by atoms with E-state index in [4.69, 9.17) is 14.2 Å². The molecule has 0 radical (unpaired) electrons. The topological polar surface area (TPSA) is 175 Å². The Bertz CT molecular complexity index is 1360. The summed E-state index contributed by atoms with van der Waals surface area (Å²) in [5, 5.41) is 54.4. The Kier molecular flexibility index (Phi) is 46.3. The summed E-state index contributed by atoms with van der Waals surface area (Å²) < 4.78 is 16.7. The van der Waals surface area contributed by atoms with Gasteiger partial charge in [-0.2, -0.15) is 0 Å². The van der Waals surface area contributed by atoms with Gasteiger partial charge in [-0.3, -0.25) is 9.59 Å². The predicted octanol–water partition coefficient (Wildman–Crippen LogP) is 13.1.